The van der Waals surface area contributed by atoms with Gasteiger partial charge in [0.1, 0.15) is 6.54 Å². The summed E-state index contributed by atoms with van der Waals surface area (Å²) < 4.78 is 24.9. The lowest BCUT2D eigenvalue weighted by atomic mass is 10.2. The standard InChI is InChI=1S/C15H18N2O3S/c1-16(13-7-9-21(19,20)11-13)15(18)10-17-8-6-12-4-2-3-5-14(12)17/h2-6,8,13H,7,9-11H2,1H3. The Kier molecular flexibility index (Phi) is 3.49. The summed E-state index contributed by atoms with van der Waals surface area (Å²) in [7, 11) is -1.28. The fourth-order valence-corrected chi connectivity index (χ4v) is 4.59. The Balaban J connectivity index is 1.74. The predicted octanol–water partition coefficient (Wildman–Crippen LogP) is 1.29. The summed E-state index contributed by atoms with van der Waals surface area (Å²) in [5, 5.41) is 1.09. The lowest BCUT2D eigenvalue weighted by Gasteiger charge is -2.23. The van der Waals surface area contributed by atoms with Gasteiger partial charge < -0.3 is 9.47 Å². The first-order valence-corrected chi connectivity index (χ1v) is 8.78. The summed E-state index contributed by atoms with van der Waals surface area (Å²) in [5.41, 5.74) is 1.01. The molecule has 3 rings (SSSR count). The van der Waals surface area contributed by atoms with Gasteiger partial charge in [0.05, 0.1) is 11.5 Å². The third-order valence-corrected chi connectivity index (χ3v) is 5.89. The highest BCUT2D eigenvalue weighted by atomic mass is 32.2. The van der Waals surface area contributed by atoms with Gasteiger partial charge >= 0.3 is 0 Å². The molecule has 1 aromatic carbocycles. The van der Waals surface area contributed by atoms with Crippen molar-refractivity contribution in [2.75, 3.05) is 18.6 Å². The van der Waals surface area contributed by atoms with Crippen LogP contribution in [0, 0.1) is 0 Å². The van der Waals surface area contributed by atoms with Crippen LogP contribution >= 0.6 is 0 Å². The van der Waals surface area contributed by atoms with Crippen molar-refractivity contribution < 1.29 is 13.2 Å². The van der Waals surface area contributed by atoms with Crippen molar-refractivity contribution in [3.8, 4) is 0 Å². The normalized spacial score (nSPS) is 20.7. The van der Waals surface area contributed by atoms with Crippen LogP contribution in [0.2, 0.25) is 0 Å². The lowest BCUT2D eigenvalue weighted by molar-refractivity contribution is -0.132. The van der Waals surface area contributed by atoms with Gasteiger partial charge in [-0.25, -0.2) is 8.42 Å². The van der Waals surface area contributed by atoms with Crippen molar-refractivity contribution in [3.63, 3.8) is 0 Å². The molecular formula is C15H18N2O3S. The van der Waals surface area contributed by atoms with Crippen molar-refractivity contribution >= 4 is 26.6 Å². The molecular weight excluding hydrogens is 288 g/mol. The molecule has 1 aromatic heterocycles. The zero-order valence-corrected chi connectivity index (χ0v) is 12.7. The van der Waals surface area contributed by atoms with Crippen LogP contribution < -0.4 is 0 Å². The van der Waals surface area contributed by atoms with E-state index in [1.165, 1.54) is 0 Å². The van der Waals surface area contributed by atoms with E-state index in [1.807, 2.05) is 41.1 Å². The van der Waals surface area contributed by atoms with E-state index in [1.54, 1.807) is 11.9 Å². The second-order valence-electron chi connectivity index (χ2n) is 5.56. The second-order valence-corrected chi connectivity index (χ2v) is 7.79. The van der Waals surface area contributed by atoms with Gasteiger partial charge in [0.2, 0.25) is 5.91 Å². The average molecular weight is 306 g/mol. The molecule has 6 heteroatoms. The number of benzene rings is 1. The van der Waals surface area contributed by atoms with Crippen molar-refractivity contribution in [1.82, 2.24) is 9.47 Å². The highest BCUT2D eigenvalue weighted by Crippen LogP contribution is 2.18. The van der Waals surface area contributed by atoms with E-state index >= 15 is 0 Å². The van der Waals surface area contributed by atoms with Gasteiger partial charge in [0.25, 0.3) is 0 Å². The van der Waals surface area contributed by atoms with E-state index in [2.05, 4.69) is 0 Å². The van der Waals surface area contributed by atoms with Gasteiger partial charge in [-0.2, -0.15) is 0 Å². The van der Waals surface area contributed by atoms with E-state index < -0.39 is 9.84 Å². The van der Waals surface area contributed by atoms with Crippen molar-refractivity contribution in [2.24, 2.45) is 0 Å². The number of para-hydroxylation sites is 1. The number of rotatable bonds is 3. The maximum absolute atomic E-state index is 12.4. The molecule has 0 N–H and O–H groups in total. The largest absolute Gasteiger partial charge is 0.340 e. The Labute approximate surface area is 124 Å². The molecule has 2 heterocycles. The monoisotopic (exact) mass is 306 g/mol. The first-order valence-electron chi connectivity index (χ1n) is 6.96. The molecule has 1 aliphatic rings. The fourth-order valence-electron chi connectivity index (χ4n) is 2.82. The average Bonchev–Trinajstić information content (AvgIpc) is 3.02. The van der Waals surface area contributed by atoms with Crippen LogP contribution in [0.25, 0.3) is 10.9 Å². The summed E-state index contributed by atoms with van der Waals surface area (Å²) in [6.07, 6.45) is 2.43. The Morgan fingerprint density at radius 3 is 2.81 bits per heavy atom. The summed E-state index contributed by atoms with van der Waals surface area (Å²) in [6.45, 7) is 0.237. The molecule has 0 bridgehead atoms. The van der Waals surface area contributed by atoms with Crippen LogP contribution in [0.4, 0.5) is 0 Å². The number of amides is 1. The molecule has 112 valence electrons. The second kappa shape index (κ2) is 5.18. The van der Waals surface area contributed by atoms with Crippen LogP contribution in [0.5, 0.6) is 0 Å². The summed E-state index contributed by atoms with van der Waals surface area (Å²) in [6, 6.07) is 9.67. The number of carbonyl (C=O) groups is 1. The minimum Gasteiger partial charge on any atom is -0.340 e. The molecule has 0 radical (unpaired) electrons. The molecule has 21 heavy (non-hydrogen) atoms. The minimum atomic E-state index is -2.97. The first-order chi connectivity index (χ1) is 9.96. The van der Waals surface area contributed by atoms with Crippen molar-refractivity contribution in [3.05, 3.63) is 36.5 Å². The Hall–Kier alpha value is -1.82. The molecule has 0 spiro atoms. The maximum atomic E-state index is 12.4. The molecule has 5 nitrogen and oxygen atoms in total. The molecule has 1 fully saturated rings. The number of fused-ring (bicyclic) bond motifs is 1. The molecule has 2 aromatic rings. The Morgan fingerprint density at radius 1 is 1.33 bits per heavy atom. The van der Waals surface area contributed by atoms with E-state index in [0.29, 0.717) is 6.42 Å². The fraction of sp³-hybridized carbons (Fsp3) is 0.400. The van der Waals surface area contributed by atoms with E-state index in [4.69, 9.17) is 0 Å². The SMILES string of the molecule is CN(C(=O)Cn1ccc2ccccc21)C1CCS(=O)(=O)C1. The molecule has 1 saturated heterocycles. The third-order valence-electron chi connectivity index (χ3n) is 4.14. The highest BCUT2D eigenvalue weighted by molar-refractivity contribution is 7.91. The zero-order valence-electron chi connectivity index (χ0n) is 11.9. The number of sulfone groups is 1. The molecule has 0 aliphatic carbocycles. The van der Waals surface area contributed by atoms with Crippen LogP contribution in [0.15, 0.2) is 36.5 Å². The number of carbonyl (C=O) groups excluding carboxylic acids is 1. The summed E-state index contributed by atoms with van der Waals surface area (Å²) in [4.78, 5) is 13.9. The molecule has 1 amide bonds. The molecule has 1 atom stereocenters. The quantitative estimate of drug-likeness (QED) is 0.858. The van der Waals surface area contributed by atoms with E-state index in [-0.39, 0.29) is 30.0 Å². The number of nitrogens with zero attached hydrogens (tertiary/aromatic N) is 2. The number of aromatic nitrogens is 1. The zero-order chi connectivity index (χ0) is 15.0. The van der Waals surface area contributed by atoms with E-state index in [9.17, 15) is 13.2 Å². The van der Waals surface area contributed by atoms with Gasteiger partial charge in [-0.05, 0) is 23.9 Å². The minimum absolute atomic E-state index is 0.0570. The first kappa shape index (κ1) is 14.1. The number of hydrogen-bond acceptors (Lipinski definition) is 3. The molecule has 0 saturated carbocycles. The summed E-state index contributed by atoms with van der Waals surface area (Å²) in [5.74, 6) is 0.210. The van der Waals surface area contributed by atoms with Gasteiger partial charge in [-0.1, -0.05) is 18.2 Å². The van der Waals surface area contributed by atoms with Gasteiger partial charge in [-0.3, -0.25) is 4.79 Å². The van der Waals surface area contributed by atoms with Crippen LogP contribution in [-0.2, 0) is 21.2 Å². The Morgan fingerprint density at radius 2 is 2.10 bits per heavy atom. The molecule has 1 unspecified atom stereocenters. The predicted molar refractivity (Wildman–Crippen MR) is 81.8 cm³/mol. The van der Waals surface area contributed by atoms with Gasteiger partial charge in [-0.15, -0.1) is 0 Å². The third kappa shape index (κ3) is 2.81. The highest BCUT2D eigenvalue weighted by Gasteiger charge is 2.32. The van der Waals surface area contributed by atoms with Crippen LogP contribution in [0.3, 0.4) is 0 Å². The van der Waals surface area contributed by atoms with Crippen LogP contribution in [0.1, 0.15) is 6.42 Å². The molecule has 1 aliphatic heterocycles. The van der Waals surface area contributed by atoms with Crippen molar-refractivity contribution in [1.29, 1.82) is 0 Å². The lowest BCUT2D eigenvalue weighted by Crippen LogP contribution is -2.39. The Bertz CT molecular complexity index is 779. The number of hydrogen-bond donors (Lipinski definition) is 0. The van der Waals surface area contributed by atoms with Crippen molar-refractivity contribution in [2.45, 2.75) is 19.0 Å². The number of likely N-dealkylation sites (N-methyl/N-ethyl adjacent to an activating group) is 1. The summed E-state index contributed by atoms with van der Waals surface area (Å²) >= 11 is 0. The maximum Gasteiger partial charge on any atom is 0.242 e. The van der Waals surface area contributed by atoms with E-state index in [0.717, 1.165) is 10.9 Å². The smallest absolute Gasteiger partial charge is 0.242 e. The van der Waals surface area contributed by atoms with Crippen LogP contribution in [-0.4, -0.2) is 48.4 Å². The van der Waals surface area contributed by atoms with Gasteiger partial charge in [0, 0.05) is 24.8 Å². The topological polar surface area (TPSA) is 59.4 Å². The van der Waals surface area contributed by atoms with Gasteiger partial charge in [0.15, 0.2) is 9.84 Å².